The molecule has 0 aromatic heterocycles. The summed E-state index contributed by atoms with van der Waals surface area (Å²) in [6.45, 7) is 3.81. The fourth-order valence-electron chi connectivity index (χ4n) is 3.88. The van der Waals surface area contributed by atoms with Gasteiger partial charge in [0.15, 0.2) is 23.0 Å². The minimum atomic E-state index is -0.291. The van der Waals surface area contributed by atoms with Crippen LogP contribution in [0, 0.1) is 5.92 Å². The molecule has 24 heavy (non-hydrogen) atoms. The van der Waals surface area contributed by atoms with Crippen LogP contribution in [0.5, 0.6) is 28.7 Å². The predicted molar refractivity (Wildman–Crippen MR) is 91.8 cm³/mol. The molecule has 0 radical (unpaired) electrons. The molecule has 0 atom stereocenters. The molecule has 4 heteroatoms. The Balaban J connectivity index is 2.06. The zero-order valence-electron chi connectivity index (χ0n) is 13.4. The van der Waals surface area contributed by atoms with Gasteiger partial charge in [0.05, 0.1) is 0 Å². The first-order valence-electron chi connectivity index (χ1n) is 8.36. The maximum absolute atomic E-state index is 10.4. The number of hydrogen-bond acceptors (Lipinski definition) is 4. The summed E-state index contributed by atoms with van der Waals surface area (Å²) >= 11 is 0. The van der Waals surface area contributed by atoms with E-state index in [1.165, 1.54) is 25.3 Å². The number of fused-ring (bicyclic) bond motifs is 2. The molecule has 2 aromatic rings. The van der Waals surface area contributed by atoms with Gasteiger partial charge in [0, 0.05) is 16.0 Å². The van der Waals surface area contributed by atoms with Gasteiger partial charge in [-0.3, -0.25) is 0 Å². The minimum absolute atomic E-state index is 0.0193. The first kappa shape index (κ1) is 14.9. The average Bonchev–Trinajstić information content (AvgIpc) is 2.61. The first-order valence-corrected chi connectivity index (χ1v) is 8.36. The Morgan fingerprint density at radius 3 is 2.38 bits per heavy atom. The van der Waals surface area contributed by atoms with Crippen molar-refractivity contribution < 1.29 is 20.1 Å². The van der Waals surface area contributed by atoms with Crippen molar-refractivity contribution in [1.29, 1.82) is 0 Å². The Morgan fingerprint density at radius 2 is 1.62 bits per heavy atom. The highest BCUT2D eigenvalue weighted by molar-refractivity contribution is 5.80. The second-order valence-electron chi connectivity index (χ2n) is 6.61. The van der Waals surface area contributed by atoms with Crippen LogP contribution in [0.1, 0.15) is 37.7 Å². The summed E-state index contributed by atoms with van der Waals surface area (Å²) in [5.41, 5.74) is 1.87. The summed E-state index contributed by atoms with van der Waals surface area (Å²) in [7, 11) is 0. The van der Waals surface area contributed by atoms with Gasteiger partial charge < -0.3 is 20.1 Å². The molecular weight excluding hydrogens is 304 g/mol. The standard InChI is InChI=1S/C20H20O4/c1-11-7-8-13-16(12-5-3-2-4-6-12)14-9-10-15(21)18(23)20(14)24-19(13)17(11)22/h7-10,12,21-23H,1-6H2. The first-order chi connectivity index (χ1) is 11.6. The van der Waals surface area contributed by atoms with E-state index in [0.29, 0.717) is 16.9 Å². The second kappa shape index (κ2) is 5.48. The molecule has 0 spiro atoms. The fraction of sp³-hybridized carbons (Fsp3) is 0.300. The van der Waals surface area contributed by atoms with Crippen molar-refractivity contribution in [1.82, 2.24) is 0 Å². The van der Waals surface area contributed by atoms with Gasteiger partial charge >= 0.3 is 0 Å². The Hall–Kier alpha value is -2.62. The number of rotatable bonds is 1. The molecule has 0 bridgehead atoms. The Morgan fingerprint density at radius 1 is 0.875 bits per heavy atom. The number of phenolic OH excluding ortho intramolecular Hbond substituents is 3. The van der Waals surface area contributed by atoms with Crippen LogP contribution >= 0.6 is 0 Å². The SMILES string of the molecule is C=c1ccc2c(c1O)Oc1c(ccc(O)c1O)C=2C1CCCCC1. The highest BCUT2D eigenvalue weighted by Crippen LogP contribution is 2.48. The third kappa shape index (κ3) is 2.13. The predicted octanol–water partition coefficient (Wildman–Crippen LogP) is 3.10. The molecule has 2 aromatic carbocycles. The lowest BCUT2D eigenvalue weighted by atomic mass is 9.79. The van der Waals surface area contributed by atoms with E-state index in [2.05, 4.69) is 6.58 Å². The lowest BCUT2D eigenvalue weighted by molar-refractivity contribution is 0.354. The van der Waals surface area contributed by atoms with Crippen LogP contribution in [0.2, 0.25) is 0 Å². The monoisotopic (exact) mass is 324 g/mol. The van der Waals surface area contributed by atoms with Crippen LogP contribution in [-0.2, 0) is 0 Å². The molecule has 0 unspecified atom stereocenters. The van der Waals surface area contributed by atoms with Crippen molar-refractivity contribution in [2.75, 3.05) is 0 Å². The number of aromatic hydroxyl groups is 3. The van der Waals surface area contributed by atoms with Crippen LogP contribution in [0.3, 0.4) is 0 Å². The number of hydrogen-bond donors (Lipinski definition) is 3. The molecule has 1 aliphatic heterocycles. The van der Waals surface area contributed by atoms with Crippen LogP contribution in [0.4, 0.5) is 0 Å². The summed E-state index contributed by atoms with van der Waals surface area (Å²) in [4.78, 5) is 0. The molecule has 1 heterocycles. The number of benzene rings is 2. The van der Waals surface area contributed by atoms with E-state index >= 15 is 0 Å². The van der Waals surface area contributed by atoms with E-state index < -0.39 is 0 Å². The van der Waals surface area contributed by atoms with Gasteiger partial charge in [-0.15, -0.1) is 0 Å². The van der Waals surface area contributed by atoms with Crippen molar-refractivity contribution in [3.8, 4) is 28.7 Å². The largest absolute Gasteiger partial charge is 0.504 e. The highest BCUT2D eigenvalue weighted by Gasteiger charge is 2.30. The van der Waals surface area contributed by atoms with E-state index in [4.69, 9.17) is 4.74 Å². The quantitative estimate of drug-likeness (QED) is 0.705. The zero-order chi connectivity index (χ0) is 16.8. The molecular formula is C20H20O4. The van der Waals surface area contributed by atoms with Gasteiger partial charge in [0.2, 0.25) is 5.75 Å². The second-order valence-corrected chi connectivity index (χ2v) is 6.61. The number of ether oxygens (including phenoxy) is 1. The normalized spacial score (nSPS) is 17.1. The van der Waals surface area contributed by atoms with Crippen molar-refractivity contribution in [2.24, 2.45) is 5.92 Å². The van der Waals surface area contributed by atoms with Gasteiger partial charge in [-0.05, 0) is 36.5 Å². The molecule has 0 saturated heterocycles. The molecule has 1 fully saturated rings. The summed E-state index contributed by atoms with van der Waals surface area (Å²) in [6.07, 6.45) is 5.72. The van der Waals surface area contributed by atoms with E-state index in [1.54, 1.807) is 12.1 Å². The van der Waals surface area contributed by atoms with Crippen molar-refractivity contribution >= 4 is 12.2 Å². The third-order valence-electron chi connectivity index (χ3n) is 5.12. The lowest BCUT2D eigenvalue weighted by Gasteiger charge is -2.29. The molecule has 4 nitrogen and oxygen atoms in total. The molecule has 0 amide bonds. The Bertz CT molecular complexity index is 924. The highest BCUT2D eigenvalue weighted by atomic mass is 16.5. The maximum atomic E-state index is 10.4. The summed E-state index contributed by atoms with van der Waals surface area (Å²) < 4.78 is 5.80. The Labute approximate surface area is 140 Å². The van der Waals surface area contributed by atoms with E-state index in [9.17, 15) is 15.3 Å². The minimum Gasteiger partial charge on any atom is -0.504 e. The van der Waals surface area contributed by atoms with Gasteiger partial charge in [0.1, 0.15) is 0 Å². The molecule has 4 rings (SSSR count). The average molecular weight is 324 g/mol. The topological polar surface area (TPSA) is 69.9 Å². The third-order valence-corrected chi connectivity index (χ3v) is 5.12. The van der Waals surface area contributed by atoms with Crippen LogP contribution in [0.15, 0.2) is 24.3 Å². The number of phenols is 3. The van der Waals surface area contributed by atoms with Gasteiger partial charge in [0.25, 0.3) is 0 Å². The molecule has 124 valence electrons. The van der Waals surface area contributed by atoms with Crippen LogP contribution < -0.4 is 15.2 Å². The van der Waals surface area contributed by atoms with Crippen molar-refractivity contribution in [3.05, 3.63) is 40.3 Å². The van der Waals surface area contributed by atoms with Gasteiger partial charge in [-0.25, -0.2) is 0 Å². The van der Waals surface area contributed by atoms with E-state index in [0.717, 1.165) is 29.2 Å². The van der Waals surface area contributed by atoms with Crippen molar-refractivity contribution in [3.63, 3.8) is 0 Å². The van der Waals surface area contributed by atoms with E-state index in [-0.39, 0.29) is 23.0 Å². The van der Waals surface area contributed by atoms with Gasteiger partial charge in [-0.2, -0.15) is 0 Å². The van der Waals surface area contributed by atoms with E-state index in [1.807, 2.05) is 6.07 Å². The lowest BCUT2D eigenvalue weighted by Crippen LogP contribution is -2.24. The van der Waals surface area contributed by atoms with Crippen LogP contribution in [-0.4, -0.2) is 15.3 Å². The fourth-order valence-corrected chi connectivity index (χ4v) is 3.88. The van der Waals surface area contributed by atoms with Crippen molar-refractivity contribution in [2.45, 2.75) is 32.1 Å². The maximum Gasteiger partial charge on any atom is 0.201 e. The molecule has 3 N–H and O–H groups in total. The molecule has 1 saturated carbocycles. The molecule has 1 aliphatic carbocycles. The molecule has 2 aliphatic rings. The summed E-state index contributed by atoms with van der Waals surface area (Å²) in [5.74, 6) is 0.333. The van der Waals surface area contributed by atoms with Crippen LogP contribution in [0.25, 0.3) is 12.2 Å². The summed E-state index contributed by atoms with van der Waals surface area (Å²) in [6, 6.07) is 6.98. The Kier molecular flexibility index (Phi) is 3.41. The zero-order valence-corrected chi connectivity index (χ0v) is 13.4. The summed E-state index contributed by atoms with van der Waals surface area (Å²) in [5, 5.41) is 31.8. The smallest absolute Gasteiger partial charge is 0.201 e. The van der Waals surface area contributed by atoms with Gasteiger partial charge in [-0.1, -0.05) is 38.0 Å².